The first-order chi connectivity index (χ1) is 11.2. The summed E-state index contributed by atoms with van der Waals surface area (Å²) in [5.41, 5.74) is 1.03. The van der Waals surface area contributed by atoms with Crippen molar-refractivity contribution in [2.75, 3.05) is 5.32 Å². The van der Waals surface area contributed by atoms with E-state index in [9.17, 15) is 5.11 Å². The first kappa shape index (κ1) is 15.1. The number of pyridine rings is 1. The van der Waals surface area contributed by atoms with Crippen LogP contribution in [0.15, 0.2) is 65.2 Å². The van der Waals surface area contributed by atoms with Crippen LogP contribution in [0.3, 0.4) is 0 Å². The Hall–Kier alpha value is -2.86. The number of anilines is 1. The van der Waals surface area contributed by atoms with E-state index < -0.39 is 0 Å². The van der Waals surface area contributed by atoms with Crippen molar-refractivity contribution in [1.82, 2.24) is 10.3 Å². The lowest BCUT2D eigenvalue weighted by atomic mass is 10.2. The van der Waals surface area contributed by atoms with Crippen LogP contribution in [-0.2, 0) is 6.54 Å². The van der Waals surface area contributed by atoms with Crippen molar-refractivity contribution < 1.29 is 9.52 Å². The van der Waals surface area contributed by atoms with Gasteiger partial charge in [-0.3, -0.25) is 0 Å². The molecule has 3 N–H and O–H groups in total. The number of nitrogens with one attached hydrogen (secondary N) is 2. The summed E-state index contributed by atoms with van der Waals surface area (Å²) in [6.45, 7) is 0.437. The maximum atomic E-state index is 9.64. The van der Waals surface area contributed by atoms with Crippen LogP contribution in [0.25, 0.3) is 11.3 Å². The summed E-state index contributed by atoms with van der Waals surface area (Å²) < 4.78 is 5.78. The van der Waals surface area contributed by atoms with Gasteiger partial charge in [0.1, 0.15) is 11.5 Å². The van der Waals surface area contributed by atoms with Gasteiger partial charge in [0.2, 0.25) is 0 Å². The second-order valence-corrected chi connectivity index (χ2v) is 5.22. The number of rotatable bonds is 4. The molecule has 6 heteroatoms. The minimum atomic E-state index is 0.0426. The van der Waals surface area contributed by atoms with Crippen LogP contribution < -0.4 is 10.6 Å². The van der Waals surface area contributed by atoms with E-state index in [0.29, 0.717) is 17.5 Å². The Labute approximate surface area is 139 Å². The number of hydrogen-bond acceptors (Lipinski definition) is 4. The van der Waals surface area contributed by atoms with Crippen molar-refractivity contribution in [3.8, 4) is 17.1 Å². The normalized spacial score (nSPS) is 10.3. The molecule has 0 bridgehead atoms. The lowest BCUT2D eigenvalue weighted by Crippen LogP contribution is -2.28. The fourth-order valence-corrected chi connectivity index (χ4v) is 2.21. The Morgan fingerprint density at radius 1 is 1.09 bits per heavy atom. The maximum absolute atomic E-state index is 9.64. The molecule has 0 aliphatic heterocycles. The second kappa shape index (κ2) is 6.93. The van der Waals surface area contributed by atoms with Gasteiger partial charge in [0.15, 0.2) is 16.7 Å². The van der Waals surface area contributed by atoms with Crippen LogP contribution in [0, 0.1) is 0 Å². The Kier molecular flexibility index (Phi) is 4.54. The Morgan fingerprint density at radius 3 is 2.70 bits per heavy atom. The molecule has 0 fully saturated rings. The van der Waals surface area contributed by atoms with Crippen molar-refractivity contribution in [3.63, 3.8) is 0 Å². The number of furan rings is 1. The third-order valence-electron chi connectivity index (χ3n) is 3.16. The number of hydrogen-bond donors (Lipinski definition) is 3. The molecule has 0 saturated heterocycles. The number of thiocarbonyl (C=S) groups is 1. The number of benzene rings is 1. The van der Waals surface area contributed by atoms with Crippen LogP contribution >= 0.6 is 12.2 Å². The number of aromatic nitrogens is 1. The molecule has 0 aliphatic carbocycles. The molecule has 3 rings (SSSR count). The highest BCUT2D eigenvalue weighted by Gasteiger charge is 2.06. The van der Waals surface area contributed by atoms with E-state index in [-0.39, 0.29) is 5.75 Å². The molecule has 0 atom stereocenters. The van der Waals surface area contributed by atoms with E-state index in [1.807, 2.05) is 42.5 Å². The summed E-state index contributed by atoms with van der Waals surface area (Å²) in [5, 5.41) is 15.9. The summed E-state index contributed by atoms with van der Waals surface area (Å²) >= 11 is 5.18. The van der Waals surface area contributed by atoms with Gasteiger partial charge in [-0.2, -0.15) is 0 Å². The van der Waals surface area contributed by atoms with E-state index >= 15 is 0 Å². The summed E-state index contributed by atoms with van der Waals surface area (Å²) in [7, 11) is 0. The first-order valence-corrected chi connectivity index (χ1v) is 7.46. The lowest BCUT2D eigenvalue weighted by Gasteiger charge is -2.09. The monoisotopic (exact) mass is 325 g/mol. The molecule has 116 valence electrons. The van der Waals surface area contributed by atoms with E-state index in [1.165, 1.54) is 6.07 Å². The van der Waals surface area contributed by atoms with Gasteiger partial charge in [-0.1, -0.05) is 30.3 Å². The molecule has 2 aromatic heterocycles. The minimum absolute atomic E-state index is 0.0426. The molecule has 0 radical (unpaired) electrons. The van der Waals surface area contributed by atoms with Crippen molar-refractivity contribution in [3.05, 3.63) is 66.6 Å². The van der Waals surface area contributed by atoms with Crippen LogP contribution in [0.2, 0.25) is 0 Å². The zero-order valence-electron chi connectivity index (χ0n) is 12.2. The lowest BCUT2D eigenvalue weighted by molar-refractivity contribution is 0.475. The Morgan fingerprint density at radius 2 is 1.91 bits per heavy atom. The molecule has 2 heterocycles. The van der Waals surface area contributed by atoms with Crippen molar-refractivity contribution >= 4 is 23.1 Å². The van der Waals surface area contributed by atoms with Gasteiger partial charge >= 0.3 is 0 Å². The molecule has 0 unspecified atom stereocenters. The SMILES string of the molecule is Oc1cccnc1NC(=S)NCc1ccc(-c2ccccc2)o1. The zero-order valence-corrected chi connectivity index (χ0v) is 13.0. The average Bonchev–Trinajstić information content (AvgIpc) is 3.05. The standard InChI is InChI=1S/C17H15N3O2S/c21-14-7-4-10-18-16(14)20-17(23)19-11-13-8-9-15(22-13)12-5-2-1-3-6-12/h1-10,21H,11H2,(H2,18,19,20,23). The highest BCUT2D eigenvalue weighted by molar-refractivity contribution is 7.80. The van der Waals surface area contributed by atoms with Crippen LogP contribution in [-0.4, -0.2) is 15.2 Å². The van der Waals surface area contributed by atoms with Gasteiger partial charge in [0, 0.05) is 11.8 Å². The topological polar surface area (TPSA) is 70.3 Å². The number of nitrogens with zero attached hydrogens (tertiary/aromatic N) is 1. The van der Waals surface area contributed by atoms with Crippen molar-refractivity contribution in [2.45, 2.75) is 6.54 Å². The predicted octanol–water partition coefficient (Wildman–Crippen LogP) is 3.53. The highest BCUT2D eigenvalue weighted by atomic mass is 32.1. The van der Waals surface area contributed by atoms with Crippen LogP contribution in [0.1, 0.15) is 5.76 Å². The molecule has 0 aliphatic rings. The fourth-order valence-electron chi connectivity index (χ4n) is 2.04. The molecule has 0 amide bonds. The van der Waals surface area contributed by atoms with E-state index in [0.717, 1.165) is 17.1 Å². The second-order valence-electron chi connectivity index (χ2n) is 4.81. The van der Waals surface area contributed by atoms with Crippen LogP contribution in [0.4, 0.5) is 5.82 Å². The van der Waals surface area contributed by atoms with E-state index in [1.54, 1.807) is 12.3 Å². The molecule has 0 saturated carbocycles. The minimum Gasteiger partial charge on any atom is -0.504 e. The van der Waals surface area contributed by atoms with Crippen molar-refractivity contribution in [2.24, 2.45) is 0 Å². The first-order valence-electron chi connectivity index (χ1n) is 7.05. The Balaban J connectivity index is 1.58. The summed E-state index contributed by atoms with van der Waals surface area (Å²) in [5.74, 6) is 1.93. The summed E-state index contributed by atoms with van der Waals surface area (Å²) in [6, 6.07) is 16.9. The molecule has 0 spiro atoms. The fraction of sp³-hybridized carbons (Fsp3) is 0.0588. The summed E-state index contributed by atoms with van der Waals surface area (Å²) in [6.07, 6.45) is 1.57. The third kappa shape index (κ3) is 3.87. The maximum Gasteiger partial charge on any atom is 0.174 e. The predicted molar refractivity (Wildman–Crippen MR) is 93.1 cm³/mol. The molecule has 5 nitrogen and oxygen atoms in total. The largest absolute Gasteiger partial charge is 0.504 e. The van der Waals surface area contributed by atoms with Gasteiger partial charge in [-0.15, -0.1) is 0 Å². The van der Waals surface area contributed by atoms with Crippen molar-refractivity contribution in [1.29, 1.82) is 0 Å². The Bertz CT molecular complexity index is 802. The molecular weight excluding hydrogens is 310 g/mol. The quantitative estimate of drug-likeness (QED) is 0.638. The van der Waals surface area contributed by atoms with Gasteiger partial charge in [0.25, 0.3) is 0 Å². The molecule has 3 aromatic rings. The van der Waals surface area contributed by atoms with Crippen LogP contribution in [0.5, 0.6) is 5.75 Å². The molecule has 1 aromatic carbocycles. The van der Waals surface area contributed by atoms with E-state index in [2.05, 4.69) is 15.6 Å². The van der Waals surface area contributed by atoms with E-state index in [4.69, 9.17) is 16.6 Å². The molecule has 23 heavy (non-hydrogen) atoms. The van der Waals surface area contributed by atoms with Gasteiger partial charge in [-0.25, -0.2) is 4.98 Å². The van der Waals surface area contributed by atoms with Gasteiger partial charge < -0.3 is 20.2 Å². The highest BCUT2D eigenvalue weighted by Crippen LogP contribution is 2.22. The average molecular weight is 325 g/mol. The number of aromatic hydroxyl groups is 1. The zero-order chi connectivity index (χ0) is 16.1. The smallest absolute Gasteiger partial charge is 0.174 e. The van der Waals surface area contributed by atoms with Gasteiger partial charge in [-0.05, 0) is 36.5 Å². The summed E-state index contributed by atoms with van der Waals surface area (Å²) in [4.78, 5) is 4.00. The third-order valence-corrected chi connectivity index (χ3v) is 3.41. The molecular formula is C17H15N3O2S. The van der Waals surface area contributed by atoms with Gasteiger partial charge in [0.05, 0.1) is 6.54 Å².